The van der Waals surface area contributed by atoms with Gasteiger partial charge in [-0.2, -0.15) is 0 Å². The summed E-state index contributed by atoms with van der Waals surface area (Å²) in [6, 6.07) is 0. The maximum Gasteiger partial charge on any atom is 0.268 e. The first-order valence-electron chi connectivity index (χ1n) is 2.81. The first kappa shape index (κ1) is 10.5. The Bertz CT molecular complexity index is 303. The zero-order valence-electron chi connectivity index (χ0n) is 5.49. The second-order valence-electron chi connectivity index (χ2n) is 1.93. The molecule has 0 aliphatic heterocycles. The van der Waals surface area contributed by atoms with Gasteiger partial charge in [-0.1, -0.05) is 0 Å². The van der Waals surface area contributed by atoms with E-state index in [0.717, 1.165) is 6.20 Å². The Kier molecular flexibility index (Phi) is 3.56. The fourth-order valence-electron chi connectivity index (χ4n) is 0.609. The molecule has 1 nitrogen and oxygen atoms in total. The average molecular weight is 399 g/mol. The summed E-state index contributed by atoms with van der Waals surface area (Å²) in [5, 5.41) is 0. The third-order valence-corrected chi connectivity index (χ3v) is 4.01. The predicted molar refractivity (Wildman–Crippen MR) is 54.6 cm³/mol. The normalized spacial score (nSPS) is 10.8. The number of hydrogen-bond acceptors (Lipinski definition) is 1. The van der Waals surface area contributed by atoms with E-state index in [0.29, 0.717) is 3.70 Å². The predicted octanol–water partition coefficient (Wildman–Crippen LogP) is 3.37. The first-order chi connectivity index (χ1) is 5.54. The number of nitrogens with zero attached hydrogens (tertiary/aromatic N) is 1. The van der Waals surface area contributed by atoms with E-state index >= 15 is 0 Å². The zero-order valence-corrected chi connectivity index (χ0v) is 9.81. The van der Waals surface area contributed by atoms with Gasteiger partial charge >= 0.3 is 0 Å². The maximum atomic E-state index is 13.0. The summed E-state index contributed by atoms with van der Waals surface area (Å²) in [4.78, 5) is 3.62. The molecule has 0 saturated heterocycles. The Hall–Kier alpha value is 0.400. The van der Waals surface area contributed by atoms with Crippen LogP contribution in [0.15, 0.2) is 6.20 Å². The summed E-state index contributed by atoms with van der Waals surface area (Å²) in [5.74, 6) is -0.870. The average Bonchev–Trinajstić information content (AvgIpc) is 2.00. The van der Waals surface area contributed by atoms with Crippen LogP contribution in [0.1, 0.15) is 12.0 Å². The molecule has 1 rings (SSSR count). The molecule has 0 unspecified atom stereocenters. The van der Waals surface area contributed by atoms with E-state index in [9.17, 15) is 13.2 Å². The lowest BCUT2D eigenvalue weighted by atomic mass is 10.3. The third-order valence-electron chi connectivity index (χ3n) is 1.18. The minimum Gasteiger partial charge on any atom is -0.248 e. The summed E-state index contributed by atoms with van der Waals surface area (Å²) in [7, 11) is 0. The Balaban J connectivity index is 3.27. The second-order valence-corrected chi connectivity index (χ2v) is 4.03. The van der Waals surface area contributed by atoms with Gasteiger partial charge in [-0.15, -0.1) is 0 Å². The minimum absolute atomic E-state index is 0.144. The molecule has 0 aliphatic rings. The summed E-state index contributed by atoms with van der Waals surface area (Å²) in [6.07, 6.45) is -1.94. The van der Waals surface area contributed by atoms with Crippen LogP contribution in [0.25, 0.3) is 0 Å². The molecule has 1 aromatic rings. The number of alkyl halides is 2. The lowest BCUT2D eigenvalue weighted by Gasteiger charge is -2.03. The standard InChI is InChI=1S/C6H2F3I2N/c7-3-2(5(8)9)1-12-6(11)4(3)10/h1,5H. The summed E-state index contributed by atoms with van der Waals surface area (Å²) < 4.78 is 37.6. The maximum absolute atomic E-state index is 13.0. The third kappa shape index (κ3) is 2.01. The molecule has 1 aromatic heterocycles. The number of halogens is 5. The molecule has 0 saturated carbocycles. The smallest absolute Gasteiger partial charge is 0.248 e. The van der Waals surface area contributed by atoms with E-state index < -0.39 is 17.8 Å². The van der Waals surface area contributed by atoms with Gasteiger partial charge < -0.3 is 0 Å². The molecule has 0 N–H and O–H groups in total. The van der Waals surface area contributed by atoms with E-state index in [1.54, 1.807) is 45.2 Å². The van der Waals surface area contributed by atoms with Crippen LogP contribution < -0.4 is 0 Å². The zero-order chi connectivity index (χ0) is 9.30. The van der Waals surface area contributed by atoms with Crippen LogP contribution in [0.5, 0.6) is 0 Å². The highest BCUT2D eigenvalue weighted by Crippen LogP contribution is 2.26. The van der Waals surface area contributed by atoms with Crippen LogP contribution in [0.4, 0.5) is 13.2 Å². The lowest BCUT2D eigenvalue weighted by molar-refractivity contribution is 0.145. The lowest BCUT2D eigenvalue weighted by Crippen LogP contribution is -1.98. The number of rotatable bonds is 1. The van der Waals surface area contributed by atoms with Gasteiger partial charge in [-0.25, -0.2) is 18.2 Å². The van der Waals surface area contributed by atoms with E-state index in [2.05, 4.69) is 4.98 Å². The molecule has 1 heterocycles. The van der Waals surface area contributed by atoms with Crippen molar-refractivity contribution in [1.82, 2.24) is 4.98 Å². The molecular formula is C6H2F3I2N. The molecule has 0 aliphatic carbocycles. The van der Waals surface area contributed by atoms with Crippen molar-refractivity contribution < 1.29 is 13.2 Å². The van der Waals surface area contributed by atoms with E-state index in [1.165, 1.54) is 0 Å². The van der Waals surface area contributed by atoms with Crippen LogP contribution in [0.2, 0.25) is 0 Å². The van der Waals surface area contributed by atoms with Gasteiger partial charge in [0.05, 0.1) is 9.13 Å². The molecule has 6 heteroatoms. The molecule has 0 amide bonds. The van der Waals surface area contributed by atoms with Crippen molar-refractivity contribution in [3.8, 4) is 0 Å². The number of hydrogen-bond donors (Lipinski definition) is 0. The summed E-state index contributed by atoms with van der Waals surface area (Å²) in [6.45, 7) is 0. The SMILES string of the molecule is Fc1c(C(F)F)cnc(I)c1I. The first-order valence-corrected chi connectivity index (χ1v) is 4.97. The van der Waals surface area contributed by atoms with Gasteiger partial charge in [0.15, 0.2) is 0 Å². The molecule has 66 valence electrons. The molecule has 0 spiro atoms. The molecule has 12 heavy (non-hydrogen) atoms. The van der Waals surface area contributed by atoms with Crippen molar-refractivity contribution in [3.63, 3.8) is 0 Å². The van der Waals surface area contributed by atoms with Crippen molar-refractivity contribution >= 4 is 45.2 Å². The Morgan fingerprint density at radius 2 is 1.92 bits per heavy atom. The monoisotopic (exact) mass is 399 g/mol. The van der Waals surface area contributed by atoms with Crippen LogP contribution >= 0.6 is 45.2 Å². The van der Waals surface area contributed by atoms with Crippen molar-refractivity contribution in [2.45, 2.75) is 6.43 Å². The van der Waals surface area contributed by atoms with Gasteiger partial charge in [0, 0.05) is 6.20 Å². The molecular weight excluding hydrogens is 397 g/mol. The Labute approximate surface area is 94.0 Å². The molecule has 0 fully saturated rings. The number of aromatic nitrogens is 1. The van der Waals surface area contributed by atoms with Crippen molar-refractivity contribution in [2.24, 2.45) is 0 Å². The quantitative estimate of drug-likeness (QED) is 0.522. The van der Waals surface area contributed by atoms with Crippen molar-refractivity contribution in [2.75, 3.05) is 0 Å². The van der Waals surface area contributed by atoms with Crippen LogP contribution in [-0.4, -0.2) is 4.98 Å². The van der Waals surface area contributed by atoms with Gasteiger partial charge in [0.25, 0.3) is 6.43 Å². The van der Waals surface area contributed by atoms with E-state index in [-0.39, 0.29) is 3.57 Å². The molecule has 0 aromatic carbocycles. The van der Waals surface area contributed by atoms with Gasteiger partial charge in [0.1, 0.15) is 9.52 Å². The molecule has 0 radical (unpaired) electrons. The highest BCUT2D eigenvalue weighted by atomic mass is 127. The Morgan fingerprint density at radius 3 is 2.42 bits per heavy atom. The summed E-state index contributed by atoms with van der Waals surface area (Å²) >= 11 is 3.44. The van der Waals surface area contributed by atoms with Crippen molar-refractivity contribution in [1.29, 1.82) is 0 Å². The second kappa shape index (κ2) is 4.07. The summed E-state index contributed by atoms with van der Waals surface area (Å²) in [5.41, 5.74) is -0.639. The van der Waals surface area contributed by atoms with E-state index in [4.69, 9.17) is 0 Å². The fraction of sp³-hybridized carbons (Fsp3) is 0.167. The highest BCUT2D eigenvalue weighted by Gasteiger charge is 2.17. The molecule has 0 bridgehead atoms. The van der Waals surface area contributed by atoms with Crippen LogP contribution in [-0.2, 0) is 0 Å². The Morgan fingerprint density at radius 1 is 1.33 bits per heavy atom. The van der Waals surface area contributed by atoms with Crippen LogP contribution in [0, 0.1) is 13.1 Å². The highest BCUT2D eigenvalue weighted by molar-refractivity contribution is 14.1. The van der Waals surface area contributed by atoms with Crippen molar-refractivity contribution in [3.05, 3.63) is 24.8 Å². The van der Waals surface area contributed by atoms with Gasteiger partial charge in [-0.05, 0) is 45.2 Å². The minimum atomic E-state index is -2.80. The molecule has 0 atom stereocenters. The largest absolute Gasteiger partial charge is 0.268 e. The van der Waals surface area contributed by atoms with Crippen LogP contribution in [0.3, 0.4) is 0 Å². The number of pyridine rings is 1. The van der Waals surface area contributed by atoms with Gasteiger partial charge in [0.2, 0.25) is 0 Å². The van der Waals surface area contributed by atoms with E-state index in [1.807, 2.05) is 0 Å². The van der Waals surface area contributed by atoms with Gasteiger partial charge in [-0.3, -0.25) is 0 Å². The topological polar surface area (TPSA) is 12.9 Å². The fourth-order valence-corrected chi connectivity index (χ4v) is 1.44.